The highest BCUT2D eigenvalue weighted by Gasteiger charge is 2.39. The molecule has 0 aromatic carbocycles. The van der Waals surface area contributed by atoms with Crippen molar-refractivity contribution in [2.24, 2.45) is 5.92 Å². The van der Waals surface area contributed by atoms with E-state index in [0.717, 1.165) is 29.7 Å². The van der Waals surface area contributed by atoms with Gasteiger partial charge < -0.3 is 14.7 Å². The first-order valence-electron chi connectivity index (χ1n) is 6.79. The molecule has 1 saturated heterocycles. The van der Waals surface area contributed by atoms with Gasteiger partial charge in [0.2, 0.25) is 5.91 Å². The largest absolute Gasteiger partial charge is 0.481 e. The number of aryl methyl sites for hydroxylation is 1. The van der Waals surface area contributed by atoms with Crippen molar-refractivity contribution < 1.29 is 24.2 Å². The van der Waals surface area contributed by atoms with Gasteiger partial charge in [0.05, 0.1) is 18.6 Å². The summed E-state index contributed by atoms with van der Waals surface area (Å²) in [5.41, 5.74) is 1.42. The summed E-state index contributed by atoms with van der Waals surface area (Å²) in [5.74, 6) is -2.38. The van der Waals surface area contributed by atoms with Crippen molar-refractivity contribution >= 4 is 34.2 Å². The molecule has 1 aromatic heterocycles. The number of hydrogen-bond acceptors (Lipinski definition) is 5. The van der Waals surface area contributed by atoms with Gasteiger partial charge in [-0.2, -0.15) is 0 Å². The number of carboxylic acids is 1. The average Bonchev–Trinajstić information content (AvgIpc) is 3.10. The maximum atomic E-state index is 12.1. The molecule has 0 saturated carbocycles. The highest BCUT2D eigenvalue weighted by Crippen LogP contribution is 2.43. The van der Waals surface area contributed by atoms with Crippen molar-refractivity contribution in [1.82, 2.24) is 0 Å². The molecule has 0 bridgehead atoms. The van der Waals surface area contributed by atoms with E-state index in [4.69, 9.17) is 9.84 Å². The quantitative estimate of drug-likeness (QED) is 0.855. The maximum Gasteiger partial charge on any atom is 0.341 e. The molecule has 21 heavy (non-hydrogen) atoms. The number of hydrogen-bond donors (Lipinski definition) is 1. The monoisotopic (exact) mass is 309 g/mol. The van der Waals surface area contributed by atoms with Gasteiger partial charge in [0.1, 0.15) is 5.00 Å². The molecule has 1 fully saturated rings. The van der Waals surface area contributed by atoms with Crippen LogP contribution in [0.1, 0.15) is 33.6 Å². The zero-order valence-corrected chi connectivity index (χ0v) is 12.4. The predicted molar refractivity (Wildman–Crippen MR) is 75.8 cm³/mol. The Labute approximate surface area is 125 Å². The number of carboxylic acid groups (broad SMARTS) is 1. The normalized spacial score (nSPS) is 20.7. The van der Waals surface area contributed by atoms with Crippen molar-refractivity contribution in [3.05, 3.63) is 16.0 Å². The summed E-state index contributed by atoms with van der Waals surface area (Å²) in [7, 11) is 1.32. The summed E-state index contributed by atoms with van der Waals surface area (Å²) in [4.78, 5) is 37.8. The van der Waals surface area contributed by atoms with Crippen LogP contribution in [-0.4, -0.2) is 36.6 Å². The molecule has 2 aliphatic rings. The lowest BCUT2D eigenvalue weighted by Gasteiger charge is -2.16. The number of aliphatic carboxylic acids is 1. The summed E-state index contributed by atoms with van der Waals surface area (Å²) in [6.45, 7) is 0.123. The number of anilines is 1. The van der Waals surface area contributed by atoms with E-state index >= 15 is 0 Å². The van der Waals surface area contributed by atoms with Crippen LogP contribution >= 0.6 is 11.3 Å². The van der Waals surface area contributed by atoms with E-state index in [0.29, 0.717) is 10.6 Å². The Balaban J connectivity index is 2.01. The van der Waals surface area contributed by atoms with Crippen LogP contribution in [0, 0.1) is 5.92 Å². The number of esters is 1. The number of nitrogens with zero attached hydrogens (tertiary/aromatic N) is 1. The number of ether oxygens (including phenoxy) is 1. The van der Waals surface area contributed by atoms with Crippen molar-refractivity contribution in [2.75, 3.05) is 18.6 Å². The first-order chi connectivity index (χ1) is 10.0. The predicted octanol–water partition coefficient (Wildman–Crippen LogP) is 1.46. The summed E-state index contributed by atoms with van der Waals surface area (Å²) < 4.78 is 4.84. The molecular formula is C14H15NO5S. The molecule has 1 unspecified atom stereocenters. The third-order valence-corrected chi connectivity index (χ3v) is 5.33. The summed E-state index contributed by atoms with van der Waals surface area (Å²) >= 11 is 1.42. The van der Waals surface area contributed by atoms with Crippen LogP contribution in [0.3, 0.4) is 0 Å². The van der Waals surface area contributed by atoms with Gasteiger partial charge in [-0.15, -0.1) is 11.3 Å². The Bertz CT molecular complexity index is 636. The first-order valence-corrected chi connectivity index (χ1v) is 7.60. The number of thiophene rings is 1. The number of amides is 1. The highest BCUT2D eigenvalue weighted by atomic mass is 32.1. The topological polar surface area (TPSA) is 83.9 Å². The van der Waals surface area contributed by atoms with Crippen LogP contribution in [0.25, 0.3) is 0 Å². The van der Waals surface area contributed by atoms with Gasteiger partial charge in [-0.25, -0.2) is 4.79 Å². The van der Waals surface area contributed by atoms with Gasteiger partial charge in [-0.1, -0.05) is 0 Å². The van der Waals surface area contributed by atoms with E-state index in [2.05, 4.69) is 0 Å². The second kappa shape index (κ2) is 5.14. The van der Waals surface area contributed by atoms with Crippen LogP contribution < -0.4 is 4.90 Å². The zero-order chi connectivity index (χ0) is 15.1. The van der Waals surface area contributed by atoms with Crippen LogP contribution in [0.2, 0.25) is 0 Å². The lowest BCUT2D eigenvalue weighted by Crippen LogP contribution is -2.26. The molecule has 112 valence electrons. The number of carbonyl (C=O) groups excluding carboxylic acids is 2. The molecule has 1 aliphatic carbocycles. The molecule has 1 amide bonds. The Morgan fingerprint density at radius 2 is 2.14 bits per heavy atom. The zero-order valence-electron chi connectivity index (χ0n) is 11.5. The van der Waals surface area contributed by atoms with Crippen molar-refractivity contribution in [3.63, 3.8) is 0 Å². The Morgan fingerprint density at radius 1 is 1.38 bits per heavy atom. The lowest BCUT2D eigenvalue weighted by molar-refractivity contribution is -0.141. The van der Waals surface area contributed by atoms with Crippen molar-refractivity contribution in [3.8, 4) is 0 Å². The lowest BCUT2D eigenvalue weighted by atomic mass is 10.1. The summed E-state index contributed by atoms with van der Waals surface area (Å²) in [6, 6.07) is 0. The van der Waals surface area contributed by atoms with Crippen molar-refractivity contribution in [2.45, 2.75) is 25.7 Å². The van der Waals surface area contributed by atoms with Crippen LogP contribution in [0.15, 0.2) is 0 Å². The molecule has 1 atom stereocenters. The second-order valence-corrected chi connectivity index (χ2v) is 6.36. The van der Waals surface area contributed by atoms with Gasteiger partial charge in [-0.05, 0) is 24.8 Å². The molecular weight excluding hydrogens is 294 g/mol. The Hall–Kier alpha value is -1.89. The standard InChI is InChI=1S/C14H15NO5S/c1-20-14(19)11-8-3-2-4-9(8)21-12(11)15-6-7(13(17)18)5-10(15)16/h7H,2-6H2,1H3,(H,17,18). The fraction of sp³-hybridized carbons (Fsp3) is 0.500. The van der Waals surface area contributed by atoms with E-state index < -0.39 is 17.9 Å². The third-order valence-electron chi connectivity index (χ3n) is 4.01. The van der Waals surface area contributed by atoms with E-state index in [1.165, 1.54) is 23.3 Å². The average molecular weight is 309 g/mol. The number of rotatable bonds is 3. The molecule has 6 nitrogen and oxygen atoms in total. The minimum atomic E-state index is -0.977. The molecule has 0 spiro atoms. The molecule has 0 radical (unpaired) electrons. The molecule has 2 heterocycles. The fourth-order valence-electron chi connectivity index (χ4n) is 2.96. The first kappa shape index (κ1) is 14.1. The van der Waals surface area contributed by atoms with Gasteiger partial charge >= 0.3 is 11.9 Å². The Kier molecular flexibility index (Phi) is 3.44. The smallest absolute Gasteiger partial charge is 0.341 e. The van der Waals surface area contributed by atoms with Crippen LogP contribution in [0.4, 0.5) is 5.00 Å². The van der Waals surface area contributed by atoms with Crippen LogP contribution in [-0.2, 0) is 27.2 Å². The van der Waals surface area contributed by atoms with E-state index in [-0.39, 0.29) is 18.9 Å². The van der Waals surface area contributed by atoms with E-state index in [9.17, 15) is 14.4 Å². The van der Waals surface area contributed by atoms with E-state index in [1.54, 1.807) is 0 Å². The maximum absolute atomic E-state index is 12.1. The highest BCUT2D eigenvalue weighted by molar-refractivity contribution is 7.17. The Morgan fingerprint density at radius 3 is 2.76 bits per heavy atom. The van der Waals surface area contributed by atoms with Gasteiger partial charge in [0.25, 0.3) is 0 Å². The number of methoxy groups -OCH3 is 1. The fourth-order valence-corrected chi connectivity index (χ4v) is 4.36. The molecule has 1 aliphatic heterocycles. The van der Waals surface area contributed by atoms with Gasteiger partial charge in [-0.3, -0.25) is 9.59 Å². The number of carbonyl (C=O) groups is 3. The van der Waals surface area contributed by atoms with Crippen LogP contribution in [0.5, 0.6) is 0 Å². The molecule has 1 N–H and O–H groups in total. The molecule has 1 aromatic rings. The third kappa shape index (κ3) is 2.21. The van der Waals surface area contributed by atoms with Crippen molar-refractivity contribution in [1.29, 1.82) is 0 Å². The molecule has 3 rings (SSSR count). The second-order valence-electron chi connectivity index (χ2n) is 5.27. The summed E-state index contributed by atoms with van der Waals surface area (Å²) in [6.07, 6.45) is 2.69. The molecule has 7 heteroatoms. The SMILES string of the molecule is COC(=O)c1c(N2CC(C(=O)O)CC2=O)sc2c1CCC2. The summed E-state index contributed by atoms with van der Waals surface area (Å²) in [5, 5.41) is 9.63. The van der Waals surface area contributed by atoms with Gasteiger partial charge in [0, 0.05) is 17.8 Å². The minimum absolute atomic E-state index is 0.0154. The van der Waals surface area contributed by atoms with E-state index in [1.807, 2.05) is 0 Å². The number of fused-ring (bicyclic) bond motifs is 1. The minimum Gasteiger partial charge on any atom is -0.481 e. The van der Waals surface area contributed by atoms with Gasteiger partial charge in [0.15, 0.2) is 0 Å².